The Morgan fingerprint density at radius 2 is 2.20 bits per heavy atom. The quantitative estimate of drug-likeness (QED) is 0.307. The summed E-state index contributed by atoms with van der Waals surface area (Å²) in [7, 11) is 0. The molecular weight excluding hydrogens is 262 g/mol. The SMILES string of the molecule is N/C(CN(C(=O)c1ccc(=O)[nH]n1)C1CCCC1)=N/O. The van der Waals surface area contributed by atoms with Crippen molar-refractivity contribution in [2.45, 2.75) is 31.7 Å². The molecule has 1 fully saturated rings. The van der Waals surface area contributed by atoms with E-state index in [1.54, 1.807) is 4.90 Å². The van der Waals surface area contributed by atoms with E-state index in [1.165, 1.54) is 12.1 Å². The van der Waals surface area contributed by atoms with Crippen molar-refractivity contribution in [2.75, 3.05) is 6.54 Å². The highest BCUT2D eigenvalue weighted by Crippen LogP contribution is 2.24. The van der Waals surface area contributed by atoms with Gasteiger partial charge < -0.3 is 15.8 Å². The summed E-state index contributed by atoms with van der Waals surface area (Å²) in [6.45, 7) is 0.0425. The van der Waals surface area contributed by atoms with Crippen LogP contribution in [0.4, 0.5) is 0 Å². The number of hydrogen-bond donors (Lipinski definition) is 3. The second-order valence-electron chi connectivity index (χ2n) is 4.77. The molecule has 8 heteroatoms. The van der Waals surface area contributed by atoms with Crippen LogP contribution in [-0.2, 0) is 0 Å². The summed E-state index contributed by atoms with van der Waals surface area (Å²) in [6, 6.07) is 2.67. The molecule has 0 unspecified atom stereocenters. The molecule has 8 nitrogen and oxygen atoms in total. The van der Waals surface area contributed by atoms with E-state index < -0.39 is 0 Å². The predicted octanol–water partition coefficient (Wildman–Crippen LogP) is -0.0989. The summed E-state index contributed by atoms with van der Waals surface area (Å²) in [5.41, 5.74) is 5.28. The number of aromatic nitrogens is 2. The van der Waals surface area contributed by atoms with Gasteiger partial charge in [0.2, 0.25) is 0 Å². The Balaban J connectivity index is 2.22. The standard InChI is InChI=1S/C12H17N5O3/c13-10(16-20)7-17(8-3-1-2-4-8)12(19)9-5-6-11(18)15-14-9/h5-6,8,20H,1-4,7H2,(H2,13,16)(H,15,18). The van der Waals surface area contributed by atoms with Gasteiger partial charge in [-0.2, -0.15) is 5.10 Å². The molecule has 0 radical (unpaired) electrons. The molecule has 0 aliphatic heterocycles. The molecule has 1 heterocycles. The van der Waals surface area contributed by atoms with Crippen LogP contribution in [0.15, 0.2) is 22.1 Å². The smallest absolute Gasteiger partial charge is 0.274 e. The maximum Gasteiger partial charge on any atom is 0.274 e. The van der Waals surface area contributed by atoms with Crippen molar-refractivity contribution in [3.05, 3.63) is 28.2 Å². The van der Waals surface area contributed by atoms with E-state index in [9.17, 15) is 9.59 Å². The zero-order chi connectivity index (χ0) is 14.5. The van der Waals surface area contributed by atoms with Gasteiger partial charge in [-0.3, -0.25) is 9.59 Å². The number of amidine groups is 1. The minimum Gasteiger partial charge on any atom is -0.409 e. The lowest BCUT2D eigenvalue weighted by Crippen LogP contribution is -2.44. The van der Waals surface area contributed by atoms with Crippen molar-refractivity contribution in [1.82, 2.24) is 15.1 Å². The van der Waals surface area contributed by atoms with E-state index in [2.05, 4.69) is 15.4 Å². The number of nitrogens with zero attached hydrogens (tertiary/aromatic N) is 3. The van der Waals surface area contributed by atoms with E-state index in [4.69, 9.17) is 10.9 Å². The summed E-state index contributed by atoms with van der Waals surface area (Å²) >= 11 is 0. The van der Waals surface area contributed by atoms with Crippen LogP contribution in [0.5, 0.6) is 0 Å². The molecule has 1 aromatic heterocycles. The van der Waals surface area contributed by atoms with Crippen LogP contribution in [0, 0.1) is 0 Å². The molecule has 1 saturated carbocycles. The third-order valence-corrected chi connectivity index (χ3v) is 3.39. The fraction of sp³-hybridized carbons (Fsp3) is 0.500. The van der Waals surface area contributed by atoms with Crippen LogP contribution in [0.2, 0.25) is 0 Å². The van der Waals surface area contributed by atoms with Crippen molar-refractivity contribution in [3.8, 4) is 0 Å². The van der Waals surface area contributed by atoms with Crippen molar-refractivity contribution >= 4 is 11.7 Å². The van der Waals surface area contributed by atoms with Gasteiger partial charge in [-0.05, 0) is 18.9 Å². The minimum absolute atomic E-state index is 0.0327. The van der Waals surface area contributed by atoms with E-state index in [0.717, 1.165) is 25.7 Å². The Morgan fingerprint density at radius 3 is 2.75 bits per heavy atom. The van der Waals surface area contributed by atoms with Crippen LogP contribution in [0.1, 0.15) is 36.2 Å². The molecule has 0 saturated heterocycles. The van der Waals surface area contributed by atoms with E-state index in [1.807, 2.05) is 0 Å². The first kappa shape index (κ1) is 14.0. The van der Waals surface area contributed by atoms with Gasteiger partial charge in [0, 0.05) is 12.1 Å². The summed E-state index contributed by atoms with van der Waals surface area (Å²) in [5, 5.41) is 17.6. The number of H-pyrrole nitrogens is 1. The average Bonchev–Trinajstić information content (AvgIpc) is 2.98. The molecule has 108 valence electrons. The lowest BCUT2D eigenvalue weighted by atomic mass is 10.2. The zero-order valence-electron chi connectivity index (χ0n) is 11.0. The van der Waals surface area contributed by atoms with Crippen molar-refractivity contribution in [3.63, 3.8) is 0 Å². The van der Waals surface area contributed by atoms with E-state index in [-0.39, 0.29) is 35.6 Å². The number of carbonyl (C=O) groups excluding carboxylic acids is 1. The average molecular weight is 279 g/mol. The molecule has 1 aliphatic rings. The van der Waals surface area contributed by atoms with Crippen LogP contribution in [0.25, 0.3) is 0 Å². The number of nitrogens with one attached hydrogen (secondary N) is 1. The summed E-state index contributed by atoms with van der Waals surface area (Å²) in [6.07, 6.45) is 3.86. The normalized spacial score (nSPS) is 16.3. The Labute approximate surface area is 115 Å². The third-order valence-electron chi connectivity index (χ3n) is 3.39. The third kappa shape index (κ3) is 3.14. The largest absolute Gasteiger partial charge is 0.409 e. The van der Waals surface area contributed by atoms with Gasteiger partial charge in [0.05, 0.1) is 6.54 Å². The second kappa shape index (κ2) is 6.18. The number of carbonyl (C=O) groups is 1. The molecule has 0 bridgehead atoms. The Morgan fingerprint density at radius 1 is 1.50 bits per heavy atom. The van der Waals surface area contributed by atoms with Gasteiger partial charge in [-0.1, -0.05) is 18.0 Å². The van der Waals surface area contributed by atoms with Crippen LogP contribution < -0.4 is 11.3 Å². The van der Waals surface area contributed by atoms with E-state index in [0.29, 0.717) is 0 Å². The van der Waals surface area contributed by atoms with Gasteiger partial charge in [0.25, 0.3) is 11.5 Å². The maximum atomic E-state index is 12.4. The molecule has 0 aromatic carbocycles. The number of amides is 1. The number of nitrogens with two attached hydrogens (primary N) is 1. The topological polar surface area (TPSA) is 125 Å². The summed E-state index contributed by atoms with van der Waals surface area (Å²) in [5.74, 6) is -0.366. The lowest BCUT2D eigenvalue weighted by molar-refractivity contribution is 0.0705. The molecule has 0 spiro atoms. The minimum atomic E-state index is -0.370. The fourth-order valence-corrected chi connectivity index (χ4v) is 2.40. The number of aromatic amines is 1. The van der Waals surface area contributed by atoms with Crippen molar-refractivity contribution in [1.29, 1.82) is 0 Å². The Bertz CT molecular complexity index is 542. The number of hydrogen-bond acceptors (Lipinski definition) is 5. The van der Waals surface area contributed by atoms with E-state index >= 15 is 0 Å². The Hall–Kier alpha value is -2.38. The van der Waals surface area contributed by atoms with Crippen LogP contribution in [-0.4, -0.2) is 44.6 Å². The molecule has 1 aliphatic carbocycles. The zero-order valence-corrected chi connectivity index (χ0v) is 11.0. The first-order chi connectivity index (χ1) is 9.61. The van der Waals surface area contributed by atoms with Crippen LogP contribution in [0.3, 0.4) is 0 Å². The van der Waals surface area contributed by atoms with Crippen molar-refractivity contribution in [2.24, 2.45) is 10.9 Å². The molecule has 0 atom stereocenters. The molecular formula is C12H17N5O3. The molecule has 20 heavy (non-hydrogen) atoms. The first-order valence-electron chi connectivity index (χ1n) is 6.45. The molecule has 2 rings (SSSR count). The highest BCUT2D eigenvalue weighted by molar-refractivity contribution is 5.95. The highest BCUT2D eigenvalue weighted by Gasteiger charge is 2.29. The van der Waals surface area contributed by atoms with Gasteiger partial charge in [-0.25, -0.2) is 5.10 Å². The molecule has 1 aromatic rings. The highest BCUT2D eigenvalue weighted by atomic mass is 16.4. The van der Waals surface area contributed by atoms with Gasteiger partial charge in [-0.15, -0.1) is 0 Å². The lowest BCUT2D eigenvalue weighted by Gasteiger charge is -2.27. The summed E-state index contributed by atoms with van der Waals surface area (Å²) in [4.78, 5) is 25.0. The van der Waals surface area contributed by atoms with Crippen LogP contribution >= 0.6 is 0 Å². The maximum absolute atomic E-state index is 12.4. The Kier molecular flexibility index (Phi) is 4.34. The monoisotopic (exact) mass is 279 g/mol. The second-order valence-corrected chi connectivity index (χ2v) is 4.77. The molecule has 1 amide bonds. The molecule has 4 N–H and O–H groups in total. The van der Waals surface area contributed by atoms with Gasteiger partial charge >= 0.3 is 0 Å². The van der Waals surface area contributed by atoms with Crippen molar-refractivity contribution < 1.29 is 10.0 Å². The number of rotatable bonds is 4. The van der Waals surface area contributed by atoms with Gasteiger partial charge in [0.15, 0.2) is 5.84 Å². The summed E-state index contributed by atoms with van der Waals surface area (Å²) < 4.78 is 0. The fourth-order valence-electron chi connectivity index (χ4n) is 2.40. The number of oxime groups is 1. The predicted molar refractivity (Wildman–Crippen MR) is 71.6 cm³/mol. The van der Waals surface area contributed by atoms with Gasteiger partial charge in [0.1, 0.15) is 5.69 Å². The first-order valence-corrected chi connectivity index (χ1v) is 6.45.